The van der Waals surface area contributed by atoms with Gasteiger partial charge < -0.3 is 25.0 Å². The first-order chi connectivity index (χ1) is 16.5. The molecule has 0 radical (unpaired) electrons. The minimum atomic E-state index is -0.525. The van der Waals surface area contributed by atoms with Gasteiger partial charge in [0.25, 0.3) is 0 Å². The van der Waals surface area contributed by atoms with Gasteiger partial charge in [-0.25, -0.2) is 4.79 Å². The molecule has 180 valence electrons. The van der Waals surface area contributed by atoms with E-state index in [1.807, 2.05) is 19.1 Å². The smallest absolute Gasteiger partial charge is 0.327 e. The van der Waals surface area contributed by atoms with Crippen molar-refractivity contribution in [2.24, 2.45) is 0 Å². The number of imide groups is 1. The van der Waals surface area contributed by atoms with Crippen LogP contribution in [0.5, 0.6) is 11.5 Å². The molecule has 34 heavy (non-hydrogen) atoms. The summed E-state index contributed by atoms with van der Waals surface area (Å²) in [6.07, 6.45) is 1.50. The lowest BCUT2D eigenvalue weighted by molar-refractivity contribution is -0.138. The van der Waals surface area contributed by atoms with Crippen LogP contribution in [-0.2, 0) is 16.1 Å². The Kier molecular flexibility index (Phi) is 7.32. The van der Waals surface area contributed by atoms with Gasteiger partial charge in [0.1, 0.15) is 24.1 Å². The summed E-state index contributed by atoms with van der Waals surface area (Å²) < 4.78 is 10.6. The number of amides is 4. The fourth-order valence-electron chi connectivity index (χ4n) is 4.42. The number of fused-ring (bicyclic) bond motifs is 1. The molecule has 2 N–H and O–H groups in total. The maximum atomic E-state index is 13.4. The van der Waals surface area contributed by atoms with Gasteiger partial charge in [-0.2, -0.15) is 0 Å². The number of carbonyl (C=O) groups is 3. The number of carbonyl (C=O) groups excluding carboxylic acids is 3. The molecule has 2 atom stereocenters. The molecule has 9 heteroatoms. The summed E-state index contributed by atoms with van der Waals surface area (Å²) in [6.45, 7) is 3.15. The monoisotopic (exact) mass is 466 g/mol. The maximum absolute atomic E-state index is 13.4. The molecule has 2 aliphatic heterocycles. The number of hydrogen-bond donors (Lipinski definition) is 2. The molecule has 0 bridgehead atoms. The highest BCUT2D eigenvalue weighted by molar-refractivity contribution is 6.02. The largest absolute Gasteiger partial charge is 0.497 e. The van der Waals surface area contributed by atoms with Gasteiger partial charge in [0.05, 0.1) is 26.3 Å². The highest BCUT2D eigenvalue weighted by atomic mass is 16.5. The van der Waals surface area contributed by atoms with E-state index in [0.717, 1.165) is 17.7 Å². The predicted octanol–water partition coefficient (Wildman–Crippen LogP) is 2.62. The molecule has 0 spiro atoms. The summed E-state index contributed by atoms with van der Waals surface area (Å²) in [5, 5.41) is 6.08. The summed E-state index contributed by atoms with van der Waals surface area (Å²) in [4.78, 5) is 42.2. The average Bonchev–Trinajstić information content (AvgIpc) is 2.86. The van der Waals surface area contributed by atoms with Gasteiger partial charge in [-0.3, -0.25) is 14.5 Å². The van der Waals surface area contributed by atoms with Crippen molar-refractivity contribution in [2.75, 3.05) is 32.1 Å². The minimum absolute atomic E-state index is 0.129. The Morgan fingerprint density at radius 3 is 2.47 bits per heavy atom. The Morgan fingerprint density at radius 1 is 1.09 bits per heavy atom. The van der Waals surface area contributed by atoms with Crippen molar-refractivity contribution < 1.29 is 23.9 Å². The second-order valence-corrected chi connectivity index (χ2v) is 8.33. The summed E-state index contributed by atoms with van der Waals surface area (Å²) in [5.41, 5.74) is 1.41. The molecular formula is C25H30N4O5. The number of piperidine rings is 1. The number of methoxy groups -OCH3 is 1. The zero-order valence-electron chi connectivity index (χ0n) is 19.5. The summed E-state index contributed by atoms with van der Waals surface area (Å²) >= 11 is 0. The topological polar surface area (TPSA) is 100 Å². The van der Waals surface area contributed by atoms with E-state index in [1.54, 1.807) is 43.5 Å². The van der Waals surface area contributed by atoms with Crippen LogP contribution in [0.3, 0.4) is 0 Å². The van der Waals surface area contributed by atoms with Crippen LogP contribution in [-0.4, -0.2) is 66.5 Å². The molecule has 2 saturated heterocycles. The van der Waals surface area contributed by atoms with Crippen molar-refractivity contribution >= 4 is 23.5 Å². The highest BCUT2D eigenvalue weighted by Crippen LogP contribution is 2.26. The molecule has 9 nitrogen and oxygen atoms in total. The molecule has 2 unspecified atom stereocenters. The van der Waals surface area contributed by atoms with E-state index >= 15 is 0 Å². The Hall–Kier alpha value is -3.59. The quantitative estimate of drug-likeness (QED) is 0.620. The van der Waals surface area contributed by atoms with Gasteiger partial charge in [-0.1, -0.05) is 12.1 Å². The zero-order valence-corrected chi connectivity index (χ0v) is 19.5. The number of nitrogens with zero attached hydrogens (tertiary/aromatic N) is 2. The lowest BCUT2D eigenvalue weighted by Gasteiger charge is -2.46. The van der Waals surface area contributed by atoms with Gasteiger partial charge in [0, 0.05) is 5.69 Å². The third-order valence-corrected chi connectivity index (χ3v) is 6.10. The number of hydrogen-bond acceptors (Lipinski definition) is 6. The SMILES string of the molecule is CCOc1ccc(NC(=O)CN2C(=O)N(Cc3ccc(OC)cc3)C(=O)C3NCCCC32)cc1. The van der Waals surface area contributed by atoms with Crippen molar-refractivity contribution in [3.8, 4) is 11.5 Å². The lowest BCUT2D eigenvalue weighted by atomic mass is 9.93. The van der Waals surface area contributed by atoms with Gasteiger partial charge >= 0.3 is 6.03 Å². The minimum Gasteiger partial charge on any atom is -0.497 e. The van der Waals surface area contributed by atoms with Crippen molar-refractivity contribution in [3.63, 3.8) is 0 Å². The Bertz CT molecular complexity index is 1020. The molecule has 2 fully saturated rings. The van der Waals surface area contributed by atoms with E-state index in [2.05, 4.69) is 10.6 Å². The zero-order chi connectivity index (χ0) is 24.1. The number of nitrogens with one attached hydrogen (secondary N) is 2. The van der Waals surface area contributed by atoms with Gasteiger partial charge in [0.15, 0.2) is 0 Å². The van der Waals surface area contributed by atoms with Crippen molar-refractivity contribution in [1.29, 1.82) is 0 Å². The first-order valence-corrected chi connectivity index (χ1v) is 11.5. The van der Waals surface area contributed by atoms with Crippen LogP contribution >= 0.6 is 0 Å². The molecule has 4 amide bonds. The number of urea groups is 1. The number of benzene rings is 2. The van der Waals surface area contributed by atoms with Crippen LogP contribution in [0, 0.1) is 0 Å². The standard InChI is InChI=1S/C25H30N4O5/c1-3-34-20-12-8-18(9-13-20)27-22(30)16-28-21-5-4-14-26-23(21)24(31)29(25(28)32)15-17-6-10-19(33-2)11-7-17/h6-13,21,23,26H,3-5,14-16H2,1-2H3,(H,27,30). The Labute approximate surface area is 199 Å². The lowest BCUT2D eigenvalue weighted by Crippen LogP contribution is -2.70. The fraction of sp³-hybridized carbons (Fsp3) is 0.400. The molecule has 2 aromatic rings. The Balaban J connectivity index is 1.49. The molecule has 2 heterocycles. The number of rotatable bonds is 8. The van der Waals surface area contributed by atoms with Gasteiger partial charge in [-0.05, 0) is 68.3 Å². The molecule has 2 aliphatic rings. The van der Waals surface area contributed by atoms with E-state index in [1.165, 1.54) is 9.80 Å². The van der Waals surface area contributed by atoms with Crippen LogP contribution in [0.15, 0.2) is 48.5 Å². The predicted molar refractivity (Wildman–Crippen MR) is 127 cm³/mol. The van der Waals surface area contributed by atoms with Crippen molar-refractivity contribution in [1.82, 2.24) is 15.1 Å². The second-order valence-electron chi connectivity index (χ2n) is 8.33. The molecule has 4 rings (SSSR count). The van der Waals surface area contributed by atoms with E-state index in [4.69, 9.17) is 9.47 Å². The fourth-order valence-corrected chi connectivity index (χ4v) is 4.42. The van der Waals surface area contributed by atoms with E-state index in [9.17, 15) is 14.4 Å². The van der Waals surface area contributed by atoms with Crippen LogP contribution in [0.2, 0.25) is 0 Å². The van der Waals surface area contributed by atoms with Crippen LogP contribution in [0.25, 0.3) is 0 Å². The summed E-state index contributed by atoms with van der Waals surface area (Å²) in [7, 11) is 1.58. The van der Waals surface area contributed by atoms with E-state index in [-0.39, 0.29) is 30.9 Å². The molecule has 0 aliphatic carbocycles. The second kappa shape index (κ2) is 10.6. The average molecular weight is 467 g/mol. The van der Waals surface area contributed by atoms with E-state index < -0.39 is 12.1 Å². The normalized spacial score (nSPS) is 20.1. The molecule has 2 aromatic carbocycles. The molecule has 0 saturated carbocycles. The number of ether oxygens (including phenoxy) is 2. The molecule has 0 aromatic heterocycles. The van der Waals surface area contributed by atoms with Gasteiger partial charge in [0.2, 0.25) is 11.8 Å². The first-order valence-electron chi connectivity index (χ1n) is 11.5. The maximum Gasteiger partial charge on any atom is 0.327 e. The van der Waals surface area contributed by atoms with E-state index in [0.29, 0.717) is 31.0 Å². The van der Waals surface area contributed by atoms with Crippen LogP contribution in [0.1, 0.15) is 25.3 Å². The third-order valence-electron chi connectivity index (χ3n) is 6.10. The first kappa shape index (κ1) is 23.6. The van der Waals surface area contributed by atoms with Crippen molar-refractivity contribution in [2.45, 2.75) is 38.4 Å². The third kappa shape index (κ3) is 5.14. The van der Waals surface area contributed by atoms with Gasteiger partial charge in [-0.15, -0.1) is 0 Å². The van der Waals surface area contributed by atoms with Crippen molar-refractivity contribution in [3.05, 3.63) is 54.1 Å². The van der Waals surface area contributed by atoms with Crippen LogP contribution in [0.4, 0.5) is 10.5 Å². The Morgan fingerprint density at radius 2 is 1.79 bits per heavy atom. The molecular weight excluding hydrogens is 436 g/mol. The summed E-state index contributed by atoms with van der Waals surface area (Å²) in [5.74, 6) is 0.839. The number of anilines is 1. The highest BCUT2D eigenvalue weighted by Gasteiger charge is 2.47. The van der Waals surface area contributed by atoms with Crippen LogP contribution < -0.4 is 20.1 Å². The summed E-state index contributed by atoms with van der Waals surface area (Å²) in [6, 6.07) is 13.0.